The maximum absolute atomic E-state index is 13.8. The van der Waals surface area contributed by atoms with Crippen molar-refractivity contribution in [1.29, 1.82) is 0 Å². The van der Waals surface area contributed by atoms with E-state index in [0.29, 0.717) is 18.5 Å². The summed E-state index contributed by atoms with van der Waals surface area (Å²) in [6.07, 6.45) is 1.44. The number of benzene rings is 2. The van der Waals surface area contributed by atoms with Crippen LogP contribution in [0.1, 0.15) is 24.0 Å². The van der Waals surface area contributed by atoms with E-state index in [9.17, 15) is 24.5 Å². The van der Waals surface area contributed by atoms with Gasteiger partial charge >= 0.3 is 6.03 Å². The number of amides is 4. The number of hydrogen-bond acceptors (Lipinski definition) is 6. The Balaban J connectivity index is 1.60. The first-order chi connectivity index (χ1) is 14.9. The fourth-order valence-corrected chi connectivity index (χ4v) is 5.16. The van der Waals surface area contributed by atoms with Gasteiger partial charge in [0, 0.05) is 30.8 Å². The molecule has 2 aromatic carbocycles. The second-order valence-corrected chi connectivity index (χ2v) is 8.21. The molecule has 0 unspecified atom stereocenters. The van der Waals surface area contributed by atoms with Gasteiger partial charge in [-0.25, -0.2) is 4.79 Å². The van der Waals surface area contributed by atoms with Crippen molar-refractivity contribution in [2.75, 3.05) is 11.4 Å². The summed E-state index contributed by atoms with van der Waals surface area (Å²) < 4.78 is 0. The number of nitrogens with one attached hydrogen (secondary N) is 1. The molecule has 0 aromatic heterocycles. The molecule has 9 heteroatoms. The molecule has 2 saturated heterocycles. The van der Waals surface area contributed by atoms with Crippen LogP contribution in [-0.4, -0.2) is 40.3 Å². The third-order valence-electron chi connectivity index (χ3n) is 6.56. The van der Waals surface area contributed by atoms with Gasteiger partial charge in [-0.1, -0.05) is 30.3 Å². The standard InChI is InChI=1S/C22H20N4O5/c27-19-22(20(28)25(21(29)23-19)13-14-5-2-1-3-6-14)12-15-11-16(26(30)31)8-9-17(15)24-10-4-7-18(22)24/h1-3,5-6,8-9,11,18H,4,7,10,12-13H2,(H,23,27,29)/t18-,22+/m0/s1. The molecule has 9 nitrogen and oxygen atoms in total. The maximum Gasteiger partial charge on any atom is 0.331 e. The fourth-order valence-electron chi connectivity index (χ4n) is 5.16. The third kappa shape index (κ3) is 2.80. The number of fused-ring (bicyclic) bond motifs is 4. The number of nitro groups is 1. The number of anilines is 1. The smallest absolute Gasteiger partial charge is 0.331 e. The number of nitrogens with zero attached hydrogens (tertiary/aromatic N) is 3. The molecule has 0 saturated carbocycles. The van der Waals surface area contributed by atoms with Crippen LogP contribution in [0.2, 0.25) is 0 Å². The lowest BCUT2D eigenvalue weighted by Crippen LogP contribution is -2.70. The Bertz CT molecular complexity index is 1120. The maximum atomic E-state index is 13.8. The van der Waals surface area contributed by atoms with Gasteiger partial charge in [0.25, 0.3) is 5.69 Å². The van der Waals surface area contributed by atoms with Gasteiger partial charge in [-0.3, -0.25) is 29.9 Å². The van der Waals surface area contributed by atoms with E-state index in [4.69, 9.17) is 0 Å². The molecule has 0 radical (unpaired) electrons. The summed E-state index contributed by atoms with van der Waals surface area (Å²) in [6, 6.07) is 12.5. The van der Waals surface area contributed by atoms with Crippen molar-refractivity contribution >= 4 is 29.2 Å². The van der Waals surface area contributed by atoms with E-state index in [2.05, 4.69) is 5.32 Å². The molecule has 2 aromatic rings. The minimum atomic E-state index is -1.50. The molecule has 3 heterocycles. The topological polar surface area (TPSA) is 113 Å². The predicted molar refractivity (Wildman–Crippen MR) is 110 cm³/mol. The van der Waals surface area contributed by atoms with Gasteiger partial charge < -0.3 is 4.90 Å². The number of non-ortho nitro benzene ring substituents is 1. The fraction of sp³-hybridized carbons (Fsp3) is 0.318. The third-order valence-corrected chi connectivity index (χ3v) is 6.56. The Hall–Kier alpha value is -3.75. The zero-order valence-corrected chi connectivity index (χ0v) is 16.6. The monoisotopic (exact) mass is 420 g/mol. The molecular weight excluding hydrogens is 400 g/mol. The highest BCUT2D eigenvalue weighted by Gasteiger charge is 2.62. The van der Waals surface area contributed by atoms with E-state index in [1.807, 2.05) is 35.2 Å². The molecule has 158 valence electrons. The molecule has 2 atom stereocenters. The molecular formula is C22H20N4O5. The second-order valence-electron chi connectivity index (χ2n) is 8.21. The van der Waals surface area contributed by atoms with Gasteiger partial charge in [-0.05, 0) is 30.0 Å². The number of nitro benzene ring substituents is 1. The number of urea groups is 1. The number of hydrogen-bond donors (Lipinski definition) is 1. The lowest BCUT2D eigenvalue weighted by molar-refractivity contribution is -0.384. The Morgan fingerprint density at radius 2 is 1.90 bits per heavy atom. The highest BCUT2D eigenvalue weighted by molar-refractivity contribution is 6.20. The van der Waals surface area contributed by atoms with Crippen molar-refractivity contribution in [3.05, 3.63) is 69.8 Å². The van der Waals surface area contributed by atoms with Crippen molar-refractivity contribution in [3.63, 3.8) is 0 Å². The average molecular weight is 420 g/mol. The quantitative estimate of drug-likeness (QED) is 0.463. The van der Waals surface area contributed by atoms with Gasteiger partial charge in [0.15, 0.2) is 5.41 Å². The number of carbonyl (C=O) groups excluding carboxylic acids is 3. The van der Waals surface area contributed by atoms with Crippen LogP contribution in [0.15, 0.2) is 48.5 Å². The molecule has 3 aliphatic heterocycles. The average Bonchev–Trinajstić information content (AvgIpc) is 3.26. The van der Waals surface area contributed by atoms with E-state index in [1.54, 1.807) is 6.07 Å². The number of rotatable bonds is 3. The van der Waals surface area contributed by atoms with E-state index in [1.165, 1.54) is 12.1 Å². The Morgan fingerprint density at radius 3 is 2.65 bits per heavy atom. The van der Waals surface area contributed by atoms with Crippen LogP contribution in [0.3, 0.4) is 0 Å². The summed E-state index contributed by atoms with van der Waals surface area (Å²) in [5.74, 6) is -1.17. The van der Waals surface area contributed by atoms with Crippen molar-refractivity contribution in [1.82, 2.24) is 10.2 Å². The predicted octanol–water partition coefficient (Wildman–Crippen LogP) is 2.38. The summed E-state index contributed by atoms with van der Waals surface area (Å²) in [6.45, 7) is 0.694. The van der Waals surface area contributed by atoms with Gasteiger partial charge in [0.2, 0.25) is 11.8 Å². The molecule has 4 amide bonds. The Morgan fingerprint density at radius 1 is 1.13 bits per heavy atom. The first-order valence-corrected chi connectivity index (χ1v) is 10.2. The van der Waals surface area contributed by atoms with Gasteiger partial charge in [-0.2, -0.15) is 0 Å². The SMILES string of the molecule is O=C1NC(=O)[C@]2(Cc3cc([N+](=O)[O-])ccc3N3CCC[C@H]32)C(=O)N1Cc1ccccc1. The van der Waals surface area contributed by atoms with E-state index in [-0.39, 0.29) is 18.7 Å². The summed E-state index contributed by atoms with van der Waals surface area (Å²) in [7, 11) is 0. The minimum absolute atomic E-state index is 0.0222. The molecule has 1 N–H and O–H groups in total. The van der Waals surface area contributed by atoms with Crippen LogP contribution >= 0.6 is 0 Å². The van der Waals surface area contributed by atoms with E-state index in [0.717, 1.165) is 22.6 Å². The molecule has 31 heavy (non-hydrogen) atoms. The summed E-state index contributed by atoms with van der Waals surface area (Å²) in [4.78, 5) is 53.5. The van der Waals surface area contributed by atoms with Crippen LogP contribution in [-0.2, 0) is 22.6 Å². The largest absolute Gasteiger partial charge is 0.367 e. The number of barbiturate groups is 1. The van der Waals surface area contributed by atoms with Crippen LogP contribution in [0, 0.1) is 15.5 Å². The van der Waals surface area contributed by atoms with Gasteiger partial charge in [0.1, 0.15) is 0 Å². The molecule has 3 aliphatic rings. The second kappa shape index (κ2) is 6.90. The van der Waals surface area contributed by atoms with Gasteiger partial charge in [0.05, 0.1) is 17.5 Å². The zero-order valence-electron chi connectivity index (χ0n) is 16.6. The summed E-state index contributed by atoms with van der Waals surface area (Å²) in [5, 5.41) is 13.7. The normalized spacial score (nSPS) is 24.8. The van der Waals surface area contributed by atoms with Crippen molar-refractivity contribution < 1.29 is 19.3 Å². The number of carbonyl (C=O) groups is 3. The number of imide groups is 2. The lowest BCUT2D eigenvalue weighted by atomic mass is 9.68. The van der Waals surface area contributed by atoms with E-state index < -0.39 is 34.2 Å². The van der Waals surface area contributed by atoms with E-state index >= 15 is 0 Å². The first kappa shape index (κ1) is 19.2. The van der Waals surface area contributed by atoms with Crippen molar-refractivity contribution in [2.45, 2.75) is 31.8 Å². The Kier molecular flexibility index (Phi) is 4.28. The molecule has 0 bridgehead atoms. The highest BCUT2D eigenvalue weighted by Crippen LogP contribution is 2.49. The minimum Gasteiger partial charge on any atom is -0.367 e. The Labute approximate surface area is 177 Å². The lowest BCUT2D eigenvalue weighted by Gasteiger charge is -2.49. The van der Waals surface area contributed by atoms with Crippen LogP contribution in [0.25, 0.3) is 0 Å². The molecule has 1 spiro atoms. The summed E-state index contributed by atoms with van der Waals surface area (Å²) in [5.41, 5.74) is 0.565. The summed E-state index contributed by atoms with van der Waals surface area (Å²) >= 11 is 0. The zero-order chi connectivity index (χ0) is 21.8. The first-order valence-electron chi connectivity index (χ1n) is 10.2. The molecule has 0 aliphatic carbocycles. The molecule has 5 rings (SSSR count). The van der Waals surface area contributed by atoms with Crippen molar-refractivity contribution in [3.8, 4) is 0 Å². The molecule has 2 fully saturated rings. The van der Waals surface area contributed by atoms with Crippen LogP contribution in [0.5, 0.6) is 0 Å². The van der Waals surface area contributed by atoms with Crippen LogP contribution < -0.4 is 10.2 Å². The van der Waals surface area contributed by atoms with Gasteiger partial charge in [-0.15, -0.1) is 0 Å². The highest BCUT2D eigenvalue weighted by atomic mass is 16.6. The van der Waals surface area contributed by atoms with Crippen LogP contribution in [0.4, 0.5) is 16.2 Å². The van der Waals surface area contributed by atoms with Crippen molar-refractivity contribution in [2.24, 2.45) is 5.41 Å².